The first-order chi connectivity index (χ1) is 7.58. The van der Waals surface area contributed by atoms with Gasteiger partial charge in [-0.05, 0) is 24.1 Å². The second-order valence-corrected chi connectivity index (χ2v) is 3.24. The molecule has 5 heteroatoms. The topological polar surface area (TPSA) is 76.0 Å². The molecule has 1 rings (SSSR count). The van der Waals surface area contributed by atoms with Crippen LogP contribution in [0.5, 0.6) is 17.2 Å². The lowest BCUT2D eigenvalue weighted by molar-refractivity contribution is -0.136. The van der Waals surface area contributed by atoms with E-state index in [0.717, 1.165) is 0 Å². The Morgan fingerprint density at radius 3 is 2.50 bits per heavy atom. The number of phenols is 1. The van der Waals surface area contributed by atoms with E-state index in [9.17, 15) is 9.90 Å². The van der Waals surface area contributed by atoms with E-state index in [0.29, 0.717) is 17.7 Å². The van der Waals surface area contributed by atoms with Crippen LogP contribution in [0.15, 0.2) is 12.1 Å². The van der Waals surface area contributed by atoms with Gasteiger partial charge in [-0.1, -0.05) is 0 Å². The van der Waals surface area contributed by atoms with E-state index >= 15 is 0 Å². The minimum atomic E-state index is -0.880. The third-order valence-electron chi connectivity index (χ3n) is 2.15. The number of aliphatic carboxylic acids is 1. The molecular weight excluding hydrogens is 212 g/mol. The van der Waals surface area contributed by atoms with Gasteiger partial charge in [-0.3, -0.25) is 4.79 Å². The summed E-state index contributed by atoms with van der Waals surface area (Å²) in [5.74, 6) is -0.291. The molecule has 0 saturated heterocycles. The molecule has 0 aliphatic carbocycles. The molecule has 2 N–H and O–H groups in total. The van der Waals surface area contributed by atoms with Crippen LogP contribution < -0.4 is 9.47 Å². The van der Waals surface area contributed by atoms with E-state index in [1.807, 2.05) is 0 Å². The molecule has 0 atom stereocenters. The second kappa shape index (κ2) is 5.25. The van der Waals surface area contributed by atoms with Gasteiger partial charge in [-0.2, -0.15) is 0 Å². The van der Waals surface area contributed by atoms with Crippen molar-refractivity contribution >= 4 is 5.97 Å². The van der Waals surface area contributed by atoms with Gasteiger partial charge in [-0.15, -0.1) is 0 Å². The lowest BCUT2D eigenvalue weighted by Crippen LogP contribution is -1.99. The Morgan fingerprint density at radius 2 is 2.00 bits per heavy atom. The predicted octanol–water partition coefficient (Wildman–Crippen LogP) is 1.43. The van der Waals surface area contributed by atoms with Gasteiger partial charge in [-0.25, -0.2) is 0 Å². The highest BCUT2D eigenvalue weighted by molar-refractivity contribution is 5.67. The molecule has 0 heterocycles. The quantitative estimate of drug-likeness (QED) is 0.794. The summed E-state index contributed by atoms with van der Waals surface area (Å²) < 4.78 is 9.99. The van der Waals surface area contributed by atoms with Crippen LogP contribution in [0.3, 0.4) is 0 Å². The summed E-state index contributed by atoms with van der Waals surface area (Å²) in [5, 5.41) is 18.2. The monoisotopic (exact) mass is 226 g/mol. The third kappa shape index (κ3) is 2.79. The van der Waals surface area contributed by atoms with Crippen LogP contribution in [0.25, 0.3) is 0 Å². The number of ether oxygens (including phenoxy) is 2. The van der Waals surface area contributed by atoms with E-state index in [4.69, 9.17) is 14.6 Å². The smallest absolute Gasteiger partial charge is 0.303 e. The first-order valence-corrected chi connectivity index (χ1v) is 4.74. The highest BCUT2D eigenvalue weighted by Gasteiger charge is 2.12. The molecule has 0 saturated carbocycles. The van der Waals surface area contributed by atoms with Crippen LogP contribution in [0.1, 0.15) is 12.0 Å². The van der Waals surface area contributed by atoms with Gasteiger partial charge < -0.3 is 19.7 Å². The summed E-state index contributed by atoms with van der Waals surface area (Å²) in [6.07, 6.45) is 0.345. The molecule has 5 nitrogen and oxygen atoms in total. The maximum atomic E-state index is 10.4. The molecule has 0 radical (unpaired) electrons. The van der Waals surface area contributed by atoms with Gasteiger partial charge in [0, 0.05) is 6.42 Å². The lowest BCUT2D eigenvalue weighted by atomic mass is 10.1. The average Bonchev–Trinajstić information content (AvgIpc) is 2.25. The number of carbonyl (C=O) groups is 1. The van der Waals surface area contributed by atoms with Gasteiger partial charge in [0.2, 0.25) is 5.75 Å². The fraction of sp³-hybridized carbons (Fsp3) is 0.364. The molecular formula is C11H14O5. The van der Waals surface area contributed by atoms with Gasteiger partial charge in [0.05, 0.1) is 14.2 Å². The highest BCUT2D eigenvalue weighted by Crippen LogP contribution is 2.37. The van der Waals surface area contributed by atoms with Crippen molar-refractivity contribution in [3.63, 3.8) is 0 Å². The zero-order valence-electron chi connectivity index (χ0n) is 9.19. The molecule has 0 bridgehead atoms. The molecule has 1 aromatic rings. The fourth-order valence-electron chi connectivity index (χ4n) is 1.40. The number of aryl methyl sites for hydroxylation is 1. The molecule has 0 fully saturated rings. The van der Waals surface area contributed by atoms with E-state index in [1.54, 1.807) is 6.07 Å². The molecule has 16 heavy (non-hydrogen) atoms. The first-order valence-electron chi connectivity index (χ1n) is 4.74. The van der Waals surface area contributed by atoms with Crippen molar-refractivity contribution in [1.29, 1.82) is 0 Å². The van der Waals surface area contributed by atoms with Crippen LogP contribution in [0.2, 0.25) is 0 Å². The number of phenolic OH excluding ortho intramolecular Hbond substituents is 1. The second-order valence-electron chi connectivity index (χ2n) is 3.24. The Morgan fingerprint density at radius 1 is 1.31 bits per heavy atom. The Hall–Kier alpha value is -1.91. The van der Waals surface area contributed by atoms with Crippen molar-refractivity contribution in [2.75, 3.05) is 14.2 Å². The van der Waals surface area contributed by atoms with E-state index in [1.165, 1.54) is 20.3 Å². The Labute approximate surface area is 93.2 Å². The molecule has 0 unspecified atom stereocenters. The normalized spacial score (nSPS) is 9.88. The number of hydrogen-bond donors (Lipinski definition) is 2. The van der Waals surface area contributed by atoms with E-state index < -0.39 is 5.97 Å². The number of hydrogen-bond acceptors (Lipinski definition) is 4. The average molecular weight is 226 g/mol. The van der Waals surface area contributed by atoms with Crippen LogP contribution in [0.4, 0.5) is 0 Å². The van der Waals surface area contributed by atoms with Gasteiger partial charge in [0.1, 0.15) is 0 Å². The van der Waals surface area contributed by atoms with Crippen molar-refractivity contribution in [3.8, 4) is 17.2 Å². The van der Waals surface area contributed by atoms with Crippen LogP contribution in [-0.4, -0.2) is 30.4 Å². The summed E-state index contributed by atoms with van der Waals surface area (Å²) in [6.45, 7) is 0. The number of carboxylic acids is 1. The minimum absolute atomic E-state index is 0.00885. The molecule has 0 aliphatic heterocycles. The largest absolute Gasteiger partial charge is 0.504 e. The summed E-state index contributed by atoms with van der Waals surface area (Å²) in [5.41, 5.74) is 0.692. The third-order valence-corrected chi connectivity index (χ3v) is 2.15. The van der Waals surface area contributed by atoms with Gasteiger partial charge in [0.25, 0.3) is 0 Å². The summed E-state index contributed by atoms with van der Waals surface area (Å²) in [4.78, 5) is 10.4. The SMILES string of the molecule is COc1cc(CCC(=O)O)cc(O)c1OC. The Bertz CT molecular complexity index is 386. The lowest BCUT2D eigenvalue weighted by Gasteiger charge is -2.11. The number of benzene rings is 1. The number of methoxy groups -OCH3 is 2. The molecule has 88 valence electrons. The maximum absolute atomic E-state index is 10.4. The summed E-state index contributed by atoms with van der Waals surface area (Å²) in [7, 11) is 2.88. The van der Waals surface area contributed by atoms with Crippen LogP contribution in [0, 0.1) is 0 Å². The number of rotatable bonds is 5. The number of carboxylic acid groups (broad SMARTS) is 1. The zero-order chi connectivity index (χ0) is 12.1. The zero-order valence-corrected chi connectivity index (χ0v) is 9.19. The van der Waals surface area contributed by atoms with Gasteiger partial charge >= 0.3 is 5.97 Å². The van der Waals surface area contributed by atoms with Crippen molar-refractivity contribution in [2.45, 2.75) is 12.8 Å². The molecule has 0 spiro atoms. The van der Waals surface area contributed by atoms with Gasteiger partial charge in [0.15, 0.2) is 11.5 Å². The van der Waals surface area contributed by atoms with Crippen molar-refractivity contribution in [3.05, 3.63) is 17.7 Å². The predicted molar refractivity (Wildman–Crippen MR) is 57.2 cm³/mol. The van der Waals surface area contributed by atoms with Crippen molar-refractivity contribution in [1.82, 2.24) is 0 Å². The van der Waals surface area contributed by atoms with Crippen molar-refractivity contribution in [2.24, 2.45) is 0 Å². The summed E-state index contributed by atoms with van der Waals surface area (Å²) >= 11 is 0. The maximum Gasteiger partial charge on any atom is 0.303 e. The first kappa shape index (κ1) is 12.2. The Kier molecular flexibility index (Phi) is 3.99. The number of aromatic hydroxyl groups is 1. The molecule has 0 aliphatic rings. The van der Waals surface area contributed by atoms with Crippen LogP contribution in [-0.2, 0) is 11.2 Å². The van der Waals surface area contributed by atoms with Crippen LogP contribution >= 0.6 is 0 Å². The minimum Gasteiger partial charge on any atom is -0.504 e. The highest BCUT2D eigenvalue weighted by atomic mass is 16.5. The molecule has 0 aromatic heterocycles. The Balaban J connectivity index is 2.96. The standard InChI is InChI=1S/C11H14O5/c1-15-9-6-7(3-4-10(13)14)5-8(12)11(9)16-2/h5-6,12H,3-4H2,1-2H3,(H,13,14). The fourth-order valence-corrected chi connectivity index (χ4v) is 1.40. The van der Waals surface area contributed by atoms with Crippen molar-refractivity contribution < 1.29 is 24.5 Å². The molecule has 1 aromatic carbocycles. The summed E-state index contributed by atoms with van der Waals surface area (Å²) in [6, 6.07) is 3.13. The van der Waals surface area contributed by atoms with E-state index in [2.05, 4.69) is 0 Å². The van der Waals surface area contributed by atoms with E-state index in [-0.39, 0.29) is 17.9 Å². The molecule has 0 amide bonds.